The predicted octanol–water partition coefficient (Wildman–Crippen LogP) is 5.42. The standard InChI is InChI=1S/C21H19BrO4/c1-13(2)8-9-25-16-5-6-17-19(12-16)26-20(21(17)23)11-14-10-15(22)4-7-18(14)24-3/h4-8,10-12H,9H2,1-3H3. The highest BCUT2D eigenvalue weighted by Gasteiger charge is 2.28. The molecule has 26 heavy (non-hydrogen) atoms. The highest BCUT2D eigenvalue weighted by atomic mass is 79.9. The van der Waals surface area contributed by atoms with Crippen molar-refractivity contribution in [3.05, 3.63) is 69.4 Å². The Hall–Kier alpha value is -2.53. The van der Waals surface area contributed by atoms with E-state index in [4.69, 9.17) is 14.2 Å². The van der Waals surface area contributed by atoms with Gasteiger partial charge in [0.2, 0.25) is 5.78 Å². The van der Waals surface area contributed by atoms with Crippen LogP contribution in [0.4, 0.5) is 0 Å². The molecule has 134 valence electrons. The van der Waals surface area contributed by atoms with Gasteiger partial charge >= 0.3 is 0 Å². The van der Waals surface area contributed by atoms with Gasteiger partial charge in [-0.1, -0.05) is 21.5 Å². The van der Waals surface area contributed by atoms with Crippen molar-refractivity contribution in [1.82, 2.24) is 0 Å². The normalized spacial score (nSPS) is 14.0. The van der Waals surface area contributed by atoms with Gasteiger partial charge in [-0.2, -0.15) is 0 Å². The minimum Gasteiger partial charge on any atom is -0.496 e. The number of halogens is 1. The molecule has 5 heteroatoms. The number of Topliss-reactive ketones (excluding diaryl/α,β-unsaturated/α-hetero) is 1. The van der Waals surface area contributed by atoms with Gasteiger partial charge in [0.25, 0.3) is 0 Å². The van der Waals surface area contributed by atoms with Crippen molar-refractivity contribution in [2.75, 3.05) is 13.7 Å². The summed E-state index contributed by atoms with van der Waals surface area (Å²) in [6.45, 7) is 4.51. The quantitative estimate of drug-likeness (QED) is 0.483. The zero-order valence-electron chi connectivity index (χ0n) is 14.8. The van der Waals surface area contributed by atoms with E-state index in [1.54, 1.807) is 31.4 Å². The lowest BCUT2D eigenvalue weighted by molar-refractivity contribution is 0.101. The van der Waals surface area contributed by atoms with Crippen LogP contribution in [-0.4, -0.2) is 19.5 Å². The van der Waals surface area contributed by atoms with Crippen molar-refractivity contribution in [1.29, 1.82) is 0 Å². The zero-order valence-corrected chi connectivity index (χ0v) is 16.4. The minimum atomic E-state index is -0.155. The van der Waals surface area contributed by atoms with Crippen molar-refractivity contribution in [3.63, 3.8) is 0 Å². The van der Waals surface area contributed by atoms with Gasteiger partial charge in [-0.05, 0) is 56.3 Å². The number of ether oxygens (including phenoxy) is 3. The van der Waals surface area contributed by atoms with Crippen molar-refractivity contribution in [3.8, 4) is 17.2 Å². The molecule has 0 unspecified atom stereocenters. The molecular weight excluding hydrogens is 396 g/mol. The molecule has 0 bridgehead atoms. The summed E-state index contributed by atoms with van der Waals surface area (Å²) in [7, 11) is 1.59. The smallest absolute Gasteiger partial charge is 0.231 e. The van der Waals surface area contributed by atoms with Gasteiger partial charge in [0.15, 0.2) is 5.76 Å². The first-order chi connectivity index (χ1) is 12.5. The molecule has 1 aliphatic rings. The van der Waals surface area contributed by atoms with E-state index in [0.29, 0.717) is 29.4 Å². The van der Waals surface area contributed by atoms with Crippen LogP contribution in [-0.2, 0) is 0 Å². The predicted molar refractivity (Wildman–Crippen MR) is 105 cm³/mol. The van der Waals surface area contributed by atoms with E-state index >= 15 is 0 Å². The second kappa shape index (κ2) is 7.79. The van der Waals surface area contributed by atoms with Gasteiger partial charge in [0.1, 0.15) is 23.9 Å². The fourth-order valence-corrected chi connectivity index (χ4v) is 2.90. The van der Waals surface area contributed by atoms with Crippen LogP contribution in [0.2, 0.25) is 0 Å². The molecule has 1 aliphatic heterocycles. The number of ketones is 1. The van der Waals surface area contributed by atoms with Crippen LogP contribution in [0.15, 0.2) is 58.3 Å². The number of hydrogen-bond acceptors (Lipinski definition) is 4. The molecule has 0 aromatic heterocycles. The lowest BCUT2D eigenvalue weighted by Crippen LogP contribution is -1.99. The van der Waals surface area contributed by atoms with E-state index in [9.17, 15) is 4.79 Å². The van der Waals surface area contributed by atoms with Crippen LogP contribution in [0.5, 0.6) is 17.2 Å². The van der Waals surface area contributed by atoms with Crippen molar-refractivity contribution in [2.24, 2.45) is 0 Å². The van der Waals surface area contributed by atoms with Crippen LogP contribution in [0.25, 0.3) is 6.08 Å². The van der Waals surface area contributed by atoms with E-state index in [1.807, 2.05) is 38.1 Å². The Kier molecular flexibility index (Phi) is 5.47. The Balaban J connectivity index is 1.85. The van der Waals surface area contributed by atoms with E-state index in [0.717, 1.165) is 10.0 Å². The Morgan fingerprint density at radius 2 is 2.00 bits per heavy atom. The topological polar surface area (TPSA) is 44.8 Å². The van der Waals surface area contributed by atoms with Gasteiger partial charge in [-0.3, -0.25) is 4.79 Å². The summed E-state index contributed by atoms with van der Waals surface area (Å²) in [6, 6.07) is 10.8. The summed E-state index contributed by atoms with van der Waals surface area (Å²) in [4.78, 5) is 12.6. The molecule has 1 heterocycles. The minimum absolute atomic E-state index is 0.155. The van der Waals surface area contributed by atoms with Gasteiger partial charge in [0, 0.05) is 16.1 Å². The number of benzene rings is 2. The van der Waals surface area contributed by atoms with Crippen molar-refractivity contribution >= 4 is 27.8 Å². The second-order valence-electron chi connectivity index (χ2n) is 6.08. The summed E-state index contributed by atoms with van der Waals surface area (Å²) in [6.07, 6.45) is 3.68. The van der Waals surface area contributed by atoms with Gasteiger partial charge < -0.3 is 14.2 Å². The molecule has 3 rings (SSSR count). The molecule has 4 nitrogen and oxygen atoms in total. The number of carbonyl (C=O) groups excluding carboxylic acids is 1. The first-order valence-corrected chi connectivity index (χ1v) is 8.95. The first-order valence-electron chi connectivity index (χ1n) is 8.16. The molecule has 2 aromatic carbocycles. The maximum atomic E-state index is 12.6. The summed E-state index contributed by atoms with van der Waals surface area (Å²) < 4.78 is 17.7. The third kappa shape index (κ3) is 3.99. The third-order valence-corrected chi connectivity index (χ3v) is 4.35. The summed E-state index contributed by atoms with van der Waals surface area (Å²) in [5.41, 5.74) is 2.48. The van der Waals surface area contributed by atoms with E-state index in [1.165, 1.54) is 5.57 Å². The van der Waals surface area contributed by atoms with Gasteiger partial charge in [-0.15, -0.1) is 0 Å². The Bertz CT molecular complexity index is 908. The largest absolute Gasteiger partial charge is 0.496 e. The average molecular weight is 415 g/mol. The number of methoxy groups -OCH3 is 1. The number of fused-ring (bicyclic) bond motifs is 1. The highest BCUT2D eigenvalue weighted by Crippen LogP contribution is 2.36. The molecular formula is C21H19BrO4. The Morgan fingerprint density at radius 1 is 1.19 bits per heavy atom. The van der Waals surface area contributed by atoms with Gasteiger partial charge in [-0.25, -0.2) is 0 Å². The molecule has 0 radical (unpaired) electrons. The van der Waals surface area contributed by atoms with Crippen LogP contribution in [0.3, 0.4) is 0 Å². The van der Waals surface area contributed by atoms with Crippen LogP contribution in [0.1, 0.15) is 29.8 Å². The lowest BCUT2D eigenvalue weighted by Gasteiger charge is -2.06. The second-order valence-corrected chi connectivity index (χ2v) is 6.99. The molecule has 0 aliphatic carbocycles. The monoisotopic (exact) mass is 414 g/mol. The molecule has 0 N–H and O–H groups in total. The van der Waals surface area contributed by atoms with Gasteiger partial charge in [0.05, 0.1) is 12.7 Å². The Morgan fingerprint density at radius 3 is 2.73 bits per heavy atom. The maximum absolute atomic E-state index is 12.6. The van der Waals surface area contributed by atoms with E-state index < -0.39 is 0 Å². The average Bonchev–Trinajstić information content (AvgIpc) is 2.90. The van der Waals surface area contributed by atoms with Crippen molar-refractivity contribution in [2.45, 2.75) is 13.8 Å². The molecule has 2 aromatic rings. The van der Waals surface area contributed by atoms with Crippen LogP contribution in [0, 0.1) is 0 Å². The van der Waals surface area contributed by atoms with Crippen LogP contribution < -0.4 is 14.2 Å². The summed E-state index contributed by atoms with van der Waals surface area (Å²) in [5.74, 6) is 1.94. The number of rotatable bonds is 5. The number of hydrogen-bond donors (Lipinski definition) is 0. The Labute approximate surface area is 161 Å². The molecule has 0 saturated carbocycles. The third-order valence-electron chi connectivity index (χ3n) is 3.86. The number of carbonyl (C=O) groups is 1. The summed E-state index contributed by atoms with van der Waals surface area (Å²) in [5, 5.41) is 0. The molecule has 0 spiro atoms. The fraction of sp³-hybridized carbons (Fsp3) is 0.190. The lowest BCUT2D eigenvalue weighted by atomic mass is 10.1. The fourth-order valence-electron chi connectivity index (χ4n) is 2.52. The highest BCUT2D eigenvalue weighted by molar-refractivity contribution is 9.10. The molecule has 0 fully saturated rings. The summed E-state index contributed by atoms with van der Waals surface area (Å²) >= 11 is 3.43. The van der Waals surface area contributed by atoms with E-state index in [2.05, 4.69) is 15.9 Å². The van der Waals surface area contributed by atoms with E-state index in [-0.39, 0.29) is 11.5 Å². The van der Waals surface area contributed by atoms with Crippen LogP contribution >= 0.6 is 15.9 Å². The maximum Gasteiger partial charge on any atom is 0.231 e. The first kappa shape index (κ1) is 18.3. The molecule has 0 atom stereocenters. The molecule has 0 saturated heterocycles. The van der Waals surface area contributed by atoms with Crippen molar-refractivity contribution < 1.29 is 19.0 Å². The SMILES string of the molecule is COc1ccc(Br)cc1C=C1Oc2cc(OCC=C(C)C)ccc2C1=O. The number of allylic oxidation sites excluding steroid dienone is 2. The molecule has 0 amide bonds. The zero-order chi connectivity index (χ0) is 18.7.